The van der Waals surface area contributed by atoms with Crippen LogP contribution in [0.4, 0.5) is 0 Å². The van der Waals surface area contributed by atoms with E-state index < -0.39 is 5.97 Å². The summed E-state index contributed by atoms with van der Waals surface area (Å²) >= 11 is 6.54. The maximum absolute atomic E-state index is 11.5. The maximum Gasteiger partial charge on any atom is 0.339 e. The van der Waals surface area contributed by atoms with E-state index >= 15 is 0 Å². The van der Waals surface area contributed by atoms with Gasteiger partial charge in [-0.3, -0.25) is 0 Å². The van der Waals surface area contributed by atoms with Gasteiger partial charge in [-0.05, 0) is 17.7 Å². The van der Waals surface area contributed by atoms with Gasteiger partial charge in [-0.25, -0.2) is 4.79 Å². The monoisotopic (exact) mass is 331 g/mol. The van der Waals surface area contributed by atoms with Crippen molar-refractivity contribution in [1.29, 1.82) is 5.26 Å². The molecule has 0 N–H and O–H groups in total. The molecule has 5 heteroatoms. The van der Waals surface area contributed by atoms with Crippen LogP contribution < -0.4 is 0 Å². The van der Waals surface area contributed by atoms with Crippen molar-refractivity contribution < 1.29 is 9.53 Å². The van der Waals surface area contributed by atoms with E-state index in [0.717, 1.165) is 10.0 Å². The van der Waals surface area contributed by atoms with E-state index in [-0.39, 0.29) is 0 Å². The lowest BCUT2D eigenvalue weighted by Gasteiger charge is -2.07. The molecule has 15 heavy (non-hydrogen) atoms. The van der Waals surface area contributed by atoms with Crippen LogP contribution in [0, 0.1) is 11.3 Å². The van der Waals surface area contributed by atoms with Crippen molar-refractivity contribution in [3.05, 3.63) is 33.3 Å². The van der Waals surface area contributed by atoms with Crippen LogP contribution in [0.5, 0.6) is 0 Å². The first-order valence-corrected chi connectivity index (χ1v) is 5.92. The van der Waals surface area contributed by atoms with Gasteiger partial charge in [0.25, 0.3) is 0 Å². The van der Waals surface area contributed by atoms with Gasteiger partial charge in [-0.1, -0.05) is 31.9 Å². The number of esters is 1. The molecule has 1 rings (SSSR count). The number of benzene rings is 1. The number of ether oxygens (including phenoxy) is 1. The fourth-order valence-electron chi connectivity index (χ4n) is 1.20. The molecule has 0 atom stereocenters. The van der Waals surface area contributed by atoms with Gasteiger partial charge in [0.15, 0.2) is 0 Å². The van der Waals surface area contributed by atoms with E-state index in [1.807, 2.05) is 6.07 Å². The summed E-state index contributed by atoms with van der Waals surface area (Å²) in [5.74, 6) is -0.492. The summed E-state index contributed by atoms with van der Waals surface area (Å²) in [5, 5.41) is 9.40. The smallest absolute Gasteiger partial charge is 0.339 e. The molecular weight excluding hydrogens is 326 g/mol. The lowest BCUT2D eigenvalue weighted by Crippen LogP contribution is -2.08. The third-order valence-corrected chi connectivity index (χ3v) is 2.90. The molecule has 0 aliphatic carbocycles. The zero-order valence-corrected chi connectivity index (χ0v) is 11.1. The summed E-state index contributed by atoms with van der Waals surface area (Å²) in [6, 6.07) is 5.35. The number of carbonyl (C=O) groups is 1. The van der Waals surface area contributed by atoms with E-state index in [1.54, 1.807) is 12.1 Å². The zero-order chi connectivity index (χ0) is 11.4. The Kier molecular flexibility index (Phi) is 4.30. The molecule has 0 spiro atoms. The highest BCUT2D eigenvalue weighted by Crippen LogP contribution is 2.23. The number of hydrogen-bond donors (Lipinski definition) is 0. The van der Waals surface area contributed by atoms with Crippen molar-refractivity contribution in [2.75, 3.05) is 7.11 Å². The second kappa shape index (κ2) is 5.29. The molecule has 0 unspecified atom stereocenters. The largest absolute Gasteiger partial charge is 0.465 e. The van der Waals surface area contributed by atoms with Gasteiger partial charge in [0.05, 0.1) is 18.2 Å². The molecule has 0 aliphatic rings. The molecule has 0 amide bonds. The van der Waals surface area contributed by atoms with Crippen LogP contribution in [0.1, 0.15) is 21.5 Å². The maximum atomic E-state index is 11.5. The predicted molar refractivity (Wildman–Crippen MR) is 62.8 cm³/mol. The lowest BCUT2D eigenvalue weighted by molar-refractivity contribution is 0.0599. The molecule has 0 saturated heterocycles. The number of alkyl halides is 1. The molecule has 1 aromatic carbocycles. The Bertz CT molecular complexity index is 438. The third kappa shape index (κ3) is 2.58. The van der Waals surface area contributed by atoms with Crippen LogP contribution in [0.3, 0.4) is 0 Å². The molecule has 78 valence electrons. The zero-order valence-electron chi connectivity index (χ0n) is 7.88. The quantitative estimate of drug-likeness (QED) is 0.618. The minimum Gasteiger partial charge on any atom is -0.465 e. The number of carbonyl (C=O) groups excluding carboxylic acids is 1. The molecule has 0 radical (unpaired) electrons. The second-order valence-electron chi connectivity index (χ2n) is 2.72. The van der Waals surface area contributed by atoms with Crippen molar-refractivity contribution in [1.82, 2.24) is 0 Å². The Labute approximate surface area is 104 Å². The van der Waals surface area contributed by atoms with E-state index in [1.165, 1.54) is 7.11 Å². The predicted octanol–water partition coefficient (Wildman–Crippen LogP) is 3.00. The molecule has 0 aromatic heterocycles. The van der Waals surface area contributed by atoms with Crippen molar-refractivity contribution in [3.8, 4) is 6.07 Å². The number of hydrogen-bond acceptors (Lipinski definition) is 3. The van der Waals surface area contributed by atoms with E-state index in [4.69, 9.17) is 5.26 Å². The number of halogens is 2. The Morgan fingerprint density at radius 2 is 2.27 bits per heavy atom. The van der Waals surface area contributed by atoms with Crippen molar-refractivity contribution in [2.45, 2.75) is 5.33 Å². The van der Waals surface area contributed by atoms with Crippen LogP contribution >= 0.6 is 31.9 Å². The molecule has 0 aliphatic heterocycles. The SMILES string of the molecule is COC(=O)c1c(C#N)cc(Br)cc1CBr. The molecule has 0 bridgehead atoms. The topological polar surface area (TPSA) is 50.1 Å². The van der Waals surface area contributed by atoms with Gasteiger partial charge in [-0.2, -0.15) is 5.26 Å². The minimum absolute atomic E-state index is 0.311. The summed E-state index contributed by atoms with van der Waals surface area (Å²) < 4.78 is 5.40. The summed E-state index contributed by atoms with van der Waals surface area (Å²) in [7, 11) is 1.30. The summed E-state index contributed by atoms with van der Waals surface area (Å²) in [6.07, 6.45) is 0. The Balaban J connectivity index is 3.45. The first kappa shape index (κ1) is 12.2. The highest BCUT2D eigenvalue weighted by atomic mass is 79.9. The van der Waals surface area contributed by atoms with Gasteiger partial charge in [0, 0.05) is 9.80 Å². The summed E-state index contributed by atoms with van der Waals surface area (Å²) in [6.45, 7) is 0. The van der Waals surface area contributed by atoms with Gasteiger partial charge < -0.3 is 4.74 Å². The van der Waals surface area contributed by atoms with Crippen LogP contribution in [-0.4, -0.2) is 13.1 Å². The fraction of sp³-hybridized carbons (Fsp3) is 0.200. The summed E-state index contributed by atoms with van der Waals surface area (Å²) in [4.78, 5) is 11.5. The van der Waals surface area contributed by atoms with E-state index in [9.17, 15) is 4.79 Å². The lowest BCUT2D eigenvalue weighted by atomic mass is 10.0. The molecule has 0 heterocycles. The first-order valence-electron chi connectivity index (χ1n) is 4.00. The third-order valence-electron chi connectivity index (χ3n) is 1.84. The number of nitrogens with zero attached hydrogens (tertiary/aromatic N) is 1. The minimum atomic E-state index is -0.492. The molecular formula is C10H7Br2NO2. The average Bonchev–Trinajstić information content (AvgIpc) is 2.26. The fourth-order valence-corrected chi connectivity index (χ4v) is 2.15. The standard InChI is InChI=1S/C10H7Br2NO2/c1-15-10(14)9-6(4-11)2-8(12)3-7(9)5-13/h2-3H,4H2,1H3. The van der Waals surface area contributed by atoms with E-state index in [0.29, 0.717) is 16.5 Å². The Morgan fingerprint density at radius 3 is 2.73 bits per heavy atom. The second-order valence-corrected chi connectivity index (χ2v) is 4.20. The van der Waals surface area contributed by atoms with Gasteiger partial charge in [-0.15, -0.1) is 0 Å². The van der Waals surface area contributed by atoms with Crippen molar-refractivity contribution in [3.63, 3.8) is 0 Å². The van der Waals surface area contributed by atoms with Crippen LogP contribution in [0.15, 0.2) is 16.6 Å². The van der Waals surface area contributed by atoms with Gasteiger partial charge in [0.2, 0.25) is 0 Å². The molecule has 1 aromatic rings. The van der Waals surface area contributed by atoms with Crippen LogP contribution in [0.2, 0.25) is 0 Å². The van der Waals surface area contributed by atoms with Gasteiger partial charge in [0.1, 0.15) is 6.07 Å². The molecule has 0 saturated carbocycles. The first-order chi connectivity index (χ1) is 7.13. The van der Waals surface area contributed by atoms with Crippen LogP contribution in [-0.2, 0) is 10.1 Å². The summed E-state index contributed by atoms with van der Waals surface area (Å²) in [5.41, 5.74) is 1.36. The van der Waals surface area contributed by atoms with Gasteiger partial charge >= 0.3 is 5.97 Å². The molecule has 3 nitrogen and oxygen atoms in total. The Hall–Kier alpha value is -0.860. The number of nitriles is 1. The normalized spacial score (nSPS) is 9.47. The average molecular weight is 333 g/mol. The number of methoxy groups -OCH3 is 1. The molecule has 0 fully saturated rings. The van der Waals surface area contributed by atoms with Crippen molar-refractivity contribution >= 4 is 37.8 Å². The highest BCUT2D eigenvalue weighted by molar-refractivity contribution is 9.10. The highest BCUT2D eigenvalue weighted by Gasteiger charge is 2.17. The van der Waals surface area contributed by atoms with Crippen molar-refractivity contribution in [2.24, 2.45) is 0 Å². The van der Waals surface area contributed by atoms with E-state index in [2.05, 4.69) is 36.6 Å². The Morgan fingerprint density at radius 1 is 1.60 bits per heavy atom. The van der Waals surface area contributed by atoms with Crippen LogP contribution in [0.25, 0.3) is 0 Å². The number of rotatable bonds is 2.